The van der Waals surface area contributed by atoms with Gasteiger partial charge in [-0.3, -0.25) is 4.79 Å². The fourth-order valence-electron chi connectivity index (χ4n) is 2.74. The van der Waals surface area contributed by atoms with Gasteiger partial charge in [-0.15, -0.1) is 11.3 Å². The first-order valence-corrected chi connectivity index (χ1v) is 9.44. The highest BCUT2D eigenvalue weighted by Gasteiger charge is 2.29. The smallest absolute Gasteiger partial charge is 0.265 e. The number of aromatic nitrogens is 1. The SMILES string of the molecule is CC(C)CN(CC(O)c1ccc(F)cc1)C(=O)c1cnc(C2CC2)s1. The van der Waals surface area contributed by atoms with Gasteiger partial charge in [0.1, 0.15) is 10.7 Å². The zero-order valence-electron chi connectivity index (χ0n) is 14.5. The van der Waals surface area contributed by atoms with Crippen LogP contribution in [-0.4, -0.2) is 34.0 Å². The number of amides is 1. The third-order valence-corrected chi connectivity index (χ3v) is 5.33. The summed E-state index contributed by atoms with van der Waals surface area (Å²) < 4.78 is 13.1. The lowest BCUT2D eigenvalue weighted by Crippen LogP contribution is -2.37. The molecule has 1 aliphatic carbocycles. The summed E-state index contributed by atoms with van der Waals surface area (Å²) in [5, 5.41) is 11.5. The molecule has 0 spiro atoms. The number of hydrogen-bond donors (Lipinski definition) is 1. The molecule has 2 aromatic rings. The van der Waals surface area contributed by atoms with Crippen LogP contribution in [0.5, 0.6) is 0 Å². The molecule has 1 aliphatic rings. The third-order valence-electron chi connectivity index (χ3n) is 4.18. The molecule has 1 aromatic heterocycles. The van der Waals surface area contributed by atoms with E-state index in [1.807, 2.05) is 13.8 Å². The molecule has 1 saturated carbocycles. The van der Waals surface area contributed by atoms with Gasteiger partial charge in [0.25, 0.3) is 5.91 Å². The highest BCUT2D eigenvalue weighted by molar-refractivity contribution is 7.13. The maximum atomic E-state index is 13.1. The number of nitrogens with zero attached hydrogens (tertiary/aromatic N) is 2. The van der Waals surface area contributed by atoms with Gasteiger partial charge in [-0.2, -0.15) is 0 Å². The average Bonchev–Trinajstić information content (AvgIpc) is 3.31. The first-order valence-electron chi connectivity index (χ1n) is 8.62. The number of thiazole rings is 1. The Morgan fingerprint density at radius 2 is 2.00 bits per heavy atom. The van der Waals surface area contributed by atoms with E-state index in [1.54, 1.807) is 23.2 Å². The van der Waals surface area contributed by atoms with Crippen LogP contribution in [0.15, 0.2) is 30.5 Å². The van der Waals surface area contributed by atoms with Gasteiger partial charge >= 0.3 is 0 Å². The molecule has 6 heteroatoms. The fraction of sp³-hybridized carbons (Fsp3) is 0.474. The Morgan fingerprint density at radius 3 is 2.60 bits per heavy atom. The molecule has 0 aliphatic heterocycles. The van der Waals surface area contributed by atoms with Gasteiger partial charge in [0.2, 0.25) is 0 Å². The molecule has 1 atom stereocenters. The quantitative estimate of drug-likeness (QED) is 0.810. The van der Waals surface area contributed by atoms with Gasteiger partial charge in [-0.1, -0.05) is 26.0 Å². The van der Waals surface area contributed by atoms with Gasteiger partial charge in [-0.25, -0.2) is 9.37 Å². The van der Waals surface area contributed by atoms with Crippen LogP contribution in [0.3, 0.4) is 0 Å². The van der Waals surface area contributed by atoms with Crippen molar-refractivity contribution in [1.82, 2.24) is 9.88 Å². The monoisotopic (exact) mass is 362 g/mol. The molecule has 1 fully saturated rings. The summed E-state index contributed by atoms with van der Waals surface area (Å²) in [6.45, 7) is 4.80. The van der Waals surface area contributed by atoms with E-state index < -0.39 is 6.10 Å². The van der Waals surface area contributed by atoms with Crippen LogP contribution in [0.2, 0.25) is 0 Å². The van der Waals surface area contributed by atoms with Crippen LogP contribution < -0.4 is 0 Å². The minimum atomic E-state index is -0.848. The Labute approximate surface area is 151 Å². The molecule has 0 radical (unpaired) electrons. The molecular weight excluding hydrogens is 339 g/mol. The minimum Gasteiger partial charge on any atom is -0.387 e. The van der Waals surface area contributed by atoms with E-state index in [0.29, 0.717) is 22.9 Å². The van der Waals surface area contributed by atoms with Gasteiger partial charge in [0, 0.05) is 12.5 Å². The van der Waals surface area contributed by atoms with Crippen LogP contribution in [-0.2, 0) is 0 Å². The minimum absolute atomic E-state index is 0.0979. The lowest BCUT2D eigenvalue weighted by molar-refractivity contribution is 0.0599. The summed E-state index contributed by atoms with van der Waals surface area (Å²) in [6, 6.07) is 5.74. The van der Waals surface area contributed by atoms with Crippen LogP contribution in [0.1, 0.15) is 59.0 Å². The molecular formula is C19H23FN2O2S. The lowest BCUT2D eigenvalue weighted by Gasteiger charge is -2.26. The zero-order valence-corrected chi connectivity index (χ0v) is 15.3. The number of aliphatic hydroxyl groups excluding tert-OH is 1. The summed E-state index contributed by atoms with van der Waals surface area (Å²) in [6.07, 6.45) is 3.11. The van der Waals surface area contributed by atoms with Crippen molar-refractivity contribution < 1.29 is 14.3 Å². The topological polar surface area (TPSA) is 53.4 Å². The Hall–Kier alpha value is -1.79. The maximum absolute atomic E-state index is 13.1. The molecule has 4 nitrogen and oxygen atoms in total. The number of benzene rings is 1. The molecule has 1 amide bonds. The highest BCUT2D eigenvalue weighted by Crippen LogP contribution is 2.41. The van der Waals surface area contributed by atoms with Crippen molar-refractivity contribution in [3.8, 4) is 0 Å². The molecule has 1 N–H and O–H groups in total. The predicted molar refractivity (Wildman–Crippen MR) is 96.2 cm³/mol. The van der Waals surface area contributed by atoms with Gasteiger partial charge < -0.3 is 10.0 Å². The summed E-state index contributed by atoms with van der Waals surface area (Å²) in [4.78, 5) is 19.5. The third kappa shape index (κ3) is 4.64. The Balaban J connectivity index is 1.73. The first kappa shape index (κ1) is 18.0. The number of aliphatic hydroxyl groups is 1. The molecule has 1 aromatic carbocycles. The molecule has 0 bridgehead atoms. The van der Waals surface area contributed by atoms with Gasteiger partial charge in [0.05, 0.1) is 23.9 Å². The predicted octanol–water partition coefficient (Wildman–Crippen LogP) is 3.99. The van der Waals surface area contributed by atoms with Gasteiger partial charge in [0.15, 0.2) is 0 Å². The lowest BCUT2D eigenvalue weighted by atomic mass is 10.1. The molecule has 3 rings (SSSR count). The molecule has 25 heavy (non-hydrogen) atoms. The largest absolute Gasteiger partial charge is 0.387 e. The fourth-order valence-corrected chi connectivity index (χ4v) is 3.80. The Kier molecular flexibility index (Phi) is 5.49. The van der Waals surface area contributed by atoms with Crippen LogP contribution in [0.4, 0.5) is 4.39 Å². The second-order valence-corrected chi connectivity index (χ2v) is 8.07. The Bertz CT molecular complexity index is 725. The normalized spacial score (nSPS) is 15.4. The van der Waals surface area contributed by atoms with Gasteiger partial charge in [-0.05, 0) is 36.5 Å². The van der Waals surface area contributed by atoms with E-state index >= 15 is 0 Å². The van der Waals surface area contributed by atoms with E-state index in [-0.39, 0.29) is 24.2 Å². The van der Waals surface area contributed by atoms with E-state index in [4.69, 9.17) is 0 Å². The Morgan fingerprint density at radius 1 is 1.32 bits per heavy atom. The number of halogens is 1. The average molecular weight is 362 g/mol. The van der Waals surface area contributed by atoms with E-state index in [0.717, 1.165) is 17.8 Å². The van der Waals surface area contributed by atoms with Crippen molar-refractivity contribution in [3.63, 3.8) is 0 Å². The molecule has 1 unspecified atom stereocenters. The van der Waals surface area contributed by atoms with Crippen molar-refractivity contribution in [1.29, 1.82) is 0 Å². The first-order chi connectivity index (χ1) is 11.9. The molecule has 134 valence electrons. The zero-order chi connectivity index (χ0) is 18.0. The van der Waals surface area contributed by atoms with E-state index in [1.165, 1.54) is 23.5 Å². The van der Waals surface area contributed by atoms with Crippen LogP contribution >= 0.6 is 11.3 Å². The van der Waals surface area contributed by atoms with Crippen molar-refractivity contribution in [2.75, 3.05) is 13.1 Å². The summed E-state index contributed by atoms with van der Waals surface area (Å²) in [5.74, 6) is 0.359. The number of carbonyl (C=O) groups is 1. The highest BCUT2D eigenvalue weighted by atomic mass is 32.1. The summed E-state index contributed by atoms with van der Waals surface area (Å²) in [7, 11) is 0. The standard InChI is InChI=1S/C19H23FN2O2S/c1-12(2)10-22(11-16(23)13-5-7-15(20)8-6-13)19(24)17-9-21-18(25-17)14-3-4-14/h5-9,12,14,16,23H,3-4,10-11H2,1-2H3. The van der Waals surface area contributed by atoms with Crippen molar-refractivity contribution in [3.05, 3.63) is 51.7 Å². The van der Waals surface area contributed by atoms with Crippen molar-refractivity contribution in [2.24, 2.45) is 5.92 Å². The number of carbonyl (C=O) groups excluding carboxylic acids is 1. The second kappa shape index (κ2) is 7.62. The van der Waals surface area contributed by atoms with Crippen molar-refractivity contribution >= 4 is 17.2 Å². The van der Waals surface area contributed by atoms with Crippen LogP contribution in [0, 0.1) is 11.7 Å². The molecule has 0 saturated heterocycles. The maximum Gasteiger partial charge on any atom is 0.265 e. The summed E-state index contributed by atoms with van der Waals surface area (Å²) >= 11 is 1.46. The number of hydrogen-bond acceptors (Lipinski definition) is 4. The van der Waals surface area contributed by atoms with E-state index in [9.17, 15) is 14.3 Å². The molecule has 1 heterocycles. The number of rotatable bonds is 7. The van der Waals surface area contributed by atoms with Crippen molar-refractivity contribution in [2.45, 2.75) is 38.7 Å². The second-order valence-electron chi connectivity index (χ2n) is 7.01. The van der Waals surface area contributed by atoms with Crippen LogP contribution in [0.25, 0.3) is 0 Å². The summed E-state index contributed by atoms with van der Waals surface area (Å²) in [5.41, 5.74) is 0.603. The van der Waals surface area contributed by atoms with E-state index in [2.05, 4.69) is 4.98 Å².